The molecule has 0 amide bonds. The summed E-state index contributed by atoms with van der Waals surface area (Å²) in [6.45, 7) is 6.28. The summed E-state index contributed by atoms with van der Waals surface area (Å²) in [7, 11) is 0. The molecular formula is C59H94O6. The Morgan fingerprint density at radius 3 is 1.22 bits per heavy atom. The average molecular weight is 899 g/mol. The molecule has 6 nitrogen and oxygen atoms in total. The molecule has 0 rings (SSSR count). The molecule has 0 bridgehead atoms. The number of rotatable bonds is 45. The lowest BCUT2D eigenvalue weighted by Gasteiger charge is -2.18. The van der Waals surface area contributed by atoms with Gasteiger partial charge in [0.25, 0.3) is 0 Å². The molecule has 0 fully saturated rings. The average Bonchev–Trinajstić information content (AvgIpc) is 3.30. The summed E-state index contributed by atoms with van der Waals surface area (Å²) in [5.41, 5.74) is 0. The van der Waals surface area contributed by atoms with Crippen LogP contribution >= 0.6 is 0 Å². The van der Waals surface area contributed by atoms with E-state index in [-0.39, 0.29) is 37.5 Å². The third-order valence-corrected chi connectivity index (χ3v) is 10.5. The van der Waals surface area contributed by atoms with E-state index in [4.69, 9.17) is 14.2 Å². The second kappa shape index (κ2) is 52.4. The summed E-state index contributed by atoms with van der Waals surface area (Å²) >= 11 is 0. The van der Waals surface area contributed by atoms with Crippen LogP contribution in [-0.4, -0.2) is 37.2 Å². The molecule has 0 aromatic heterocycles. The van der Waals surface area contributed by atoms with Gasteiger partial charge < -0.3 is 14.2 Å². The zero-order chi connectivity index (χ0) is 47.2. The first kappa shape index (κ1) is 60.8. The van der Waals surface area contributed by atoms with E-state index in [2.05, 4.69) is 136 Å². The first-order valence-corrected chi connectivity index (χ1v) is 26.1. The van der Waals surface area contributed by atoms with E-state index in [0.717, 1.165) is 109 Å². The van der Waals surface area contributed by atoms with Crippen molar-refractivity contribution in [2.75, 3.05) is 13.2 Å². The molecule has 6 heteroatoms. The van der Waals surface area contributed by atoms with Gasteiger partial charge in [-0.15, -0.1) is 0 Å². The fraction of sp³-hybridized carbons (Fsp3) is 0.610. The monoisotopic (exact) mass is 899 g/mol. The lowest BCUT2D eigenvalue weighted by atomic mass is 10.1. The smallest absolute Gasteiger partial charge is 0.306 e. The second-order valence-electron chi connectivity index (χ2n) is 16.7. The van der Waals surface area contributed by atoms with Crippen LogP contribution in [-0.2, 0) is 28.6 Å². The van der Waals surface area contributed by atoms with Gasteiger partial charge >= 0.3 is 17.9 Å². The normalized spacial score (nSPS) is 13.1. The lowest BCUT2D eigenvalue weighted by molar-refractivity contribution is -0.166. The predicted molar refractivity (Wildman–Crippen MR) is 279 cm³/mol. The molecule has 0 aliphatic rings. The highest BCUT2D eigenvalue weighted by Gasteiger charge is 2.19. The highest BCUT2D eigenvalue weighted by atomic mass is 16.6. The molecule has 0 heterocycles. The van der Waals surface area contributed by atoms with Gasteiger partial charge in [-0.1, -0.05) is 213 Å². The first-order valence-electron chi connectivity index (χ1n) is 26.1. The van der Waals surface area contributed by atoms with Gasteiger partial charge in [-0.3, -0.25) is 14.4 Å². The van der Waals surface area contributed by atoms with Gasteiger partial charge in [-0.25, -0.2) is 0 Å². The minimum atomic E-state index is -0.824. The number of carbonyl (C=O) groups excluding carboxylic acids is 3. The molecule has 0 saturated carbocycles. The number of hydrogen-bond donors (Lipinski definition) is 0. The Morgan fingerprint density at radius 2 is 0.708 bits per heavy atom. The SMILES string of the molecule is CC\C=C/C=C\C=C/CCCCCCCCCC(=O)OC(COC(=O)CC/C=C\C/C=C\CCCCCCCC)COC(=O)CCCCC/C=C\C/C=C\C/C=C\C/C=C\C/C=C\CC. The van der Waals surface area contributed by atoms with E-state index < -0.39 is 6.10 Å². The van der Waals surface area contributed by atoms with Crippen LogP contribution in [0.4, 0.5) is 0 Å². The molecule has 366 valence electrons. The molecule has 0 N–H and O–H groups in total. The minimum Gasteiger partial charge on any atom is -0.462 e. The van der Waals surface area contributed by atoms with Gasteiger partial charge in [0.05, 0.1) is 0 Å². The van der Waals surface area contributed by atoms with Gasteiger partial charge in [0.15, 0.2) is 6.10 Å². The molecule has 0 saturated heterocycles. The third kappa shape index (κ3) is 50.7. The molecule has 0 radical (unpaired) electrons. The van der Waals surface area contributed by atoms with Crippen molar-refractivity contribution in [1.82, 2.24) is 0 Å². The van der Waals surface area contributed by atoms with Gasteiger partial charge in [-0.05, 0) is 103 Å². The number of carbonyl (C=O) groups is 3. The second-order valence-corrected chi connectivity index (χ2v) is 16.7. The molecule has 65 heavy (non-hydrogen) atoms. The molecule has 0 spiro atoms. The van der Waals surface area contributed by atoms with Crippen molar-refractivity contribution in [1.29, 1.82) is 0 Å². The fourth-order valence-corrected chi connectivity index (χ4v) is 6.64. The fourth-order valence-electron chi connectivity index (χ4n) is 6.64. The van der Waals surface area contributed by atoms with Crippen LogP contribution in [0.15, 0.2) is 122 Å². The summed E-state index contributed by atoms with van der Waals surface area (Å²) in [6.07, 6.45) is 71.9. The summed E-state index contributed by atoms with van der Waals surface area (Å²) < 4.78 is 16.7. The van der Waals surface area contributed by atoms with Crippen LogP contribution in [0.1, 0.15) is 213 Å². The third-order valence-electron chi connectivity index (χ3n) is 10.5. The van der Waals surface area contributed by atoms with Crippen molar-refractivity contribution < 1.29 is 28.6 Å². The number of esters is 3. The number of hydrogen-bond acceptors (Lipinski definition) is 6. The summed E-state index contributed by atoms with van der Waals surface area (Å²) in [5, 5.41) is 0. The van der Waals surface area contributed by atoms with E-state index in [9.17, 15) is 14.4 Å². The van der Waals surface area contributed by atoms with Crippen molar-refractivity contribution in [3.05, 3.63) is 122 Å². The maximum Gasteiger partial charge on any atom is 0.306 e. The van der Waals surface area contributed by atoms with Crippen LogP contribution in [0, 0.1) is 0 Å². The molecule has 1 unspecified atom stereocenters. The number of allylic oxidation sites excluding steroid dienone is 20. The van der Waals surface area contributed by atoms with Crippen LogP contribution in [0.3, 0.4) is 0 Å². The Bertz CT molecular complexity index is 1400. The Balaban J connectivity index is 4.53. The van der Waals surface area contributed by atoms with Crippen LogP contribution in [0.5, 0.6) is 0 Å². The predicted octanol–water partition coefficient (Wildman–Crippen LogP) is 17.3. The van der Waals surface area contributed by atoms with Gasteiger partial charge in [0.1, 0.15) is 13.2 Å². The maximum atomic E-state index is 12.8. The summed E-state index contributed by atoms with van der Waals surface area (Å²) in [6, 6.07) is 0. The lowest BCUT2D eigenvalue weighted by Crippen LogP contribution is -2.30. The van der Waals surface area contributed by atoms with Crippen LogP contribution in [0.2, 0.25) is 0 Å². The molecule has 0 aliphatic carbocycles. The van der Waals surface area contributed by atoms with E-state index in [1.807, 2.05) is 6.08 Å². The Hall–Kier alpha value is -4.19. The maximum absolute atomic E-state index is 12.8. The quantitative estimate of drug-likeness (QED) is 0.0199. The highest BCUT2D eigenvalue weighted by molar-refractivity contribution is 5.71. The topological polar surface area (TPSA) is 78.9 Å². The van der Waals surface area contributed by atoms with Gasteiger partial charge in [0.2, 0.25) is 0 Å². The van der Waals surface area contributed by atoms with Crippen molar-refractivity contribution in [2.45, 2.75) is 219 Å². The van der Waals surface area contributed by atoms with Crippen molar-refractivity contribution in [3.8, 4) is 0 Å². The molecule has 0 aromatic rings. The molecule has 1 atom stereocenters. The Labute approximate surface area is 399 Å². The summed E-state index contributed by atoms with van der Waals surface area (Å²) in [4.78, 5) is 38.0. The first-order chi connectivity index (χ1) is 32.0. The zero-order valence-corrected chi connectivity index (χ0v) is 41.7. The summed E-state index contributed by atoms with van der Waals surface area (Å²) in [5.74, 6) is -1.04. The van der Waals surface area contributed by atoms with Crippen molar-refractivity contribution >= 4 is 17.9 Å². The highest BCUT2D eigenvalue weighted by Crippen LogP contribution is 2.13. The van der Waals surface area contributed by atoms with Crippen molar-refractivity contribution in [2.24, 2.45) is 0 Å². The zero-order valence-electron chi connectivity index (χ0n) is 41.7. The van der Waals surface area contributed by atoms with Crippen LogP contribution < -0.4 is 0 Å². The van der Waals surface area contributed by atoms with Gasteiger partial charge in [0, 0.05) is 19.3 Å². The van der Waals surface area contributed by atoms with E-state index in [1.165, 1.54) is 57.8 Å². The van der Waals surface area contributed by atoms with E-state index in [1.54, 1.807) is 0 Å². The van der Waals surface area contributed by atoms with Gasteiger partial charge in [-0.2, -0.15) is 0 Å². The van der Waals surface area contributed by atoms with E-state index in [0.29, 0.717) is 19.3 Å². The largest absolute Gasteiger partial charge is 0.462 e. The molecular weight excluding hydrogens is 805 g/mol. The van der Waals surface area contributed by atoms with Crippen molar-refractivity contribution in [3.63, 3.8) is 0 Å². The number of unbranched alkanes of at least 4 members (excludes halogenated alkanes) is 16. The van der Waals surface area contributed by atoms with Crippen LogP contribution in [0.25, 0.3) is 0 Å². The Morgan fingerprint density at radius 1 is 0.338 bits per heavy atom. The standard InChI is InChI=1S/C59H94O6/c1-4-7-10-13-16-19-22-25-27-28-29-30-32-34-37-40-43-46-49-52-58(61)64-55-56(54-63-57(60)51-48-45-42-39-36-33-24-21-18-15-12-9-6-3)65-59(62)53-50-47-44-41-38-35-31-26-23-20-17-14-11-8-5-2/h7-8,10-11,14,16-17,19-20,23,25,27,29-30,33-34,36-37,42,45,56H,4-6,9,12-13,15,18,21-22,24,26,28,31-32,35,38-41,43-44,46-55H2,1-3H3/b10-7-,11-8-,17-14-,19-16-,23-20-,27-25-,30-29-,36-33-,37-34-,45-42-. The molecule has 0 aromatic carbocycles. The minimum absolute atomic E-state index is 0.121. The Kier molecular flexibility index (Phi) is 49.1. The van der Waals surface area contributed by atoms with E-state index >= 15 is 0 Å². The molecule has 0 aliphatic heterocycles. The number of ether oxygens (including phenoxy) is 3.